The number of nitrogens with one attached hydrogen (secondary N) is 1. The summed E-state index contributed by atoms with van der Waals surface area (Å²) in [5.41, 5.74) is 0.629. The highest BCUT2D eigenvalue weighted by Gasteiger charge is 2.11. The normalized spacial score (nSPS) is 18.8. The molecule has 1 aliphatic carbocycles. The summed E-state index contributed by atoms with van der Waals surface area (Å²) in [5, 5.41) is 2.60. The van der Waals surface area contributed by atoms with E-state index in [0.29, 0.717) is 5.56 Å². The molecule has 2 rings (SSSR count). The number of carbonyl (C=O) groups is 1. The zero-order chi connectivity index (χ0) is 12.1. The monoisotopic (exact) mass is 231 g/mol. The highest BCUT2D eigenvalue weighted by Crippen LogP contribution is 2.20. The first kappa shape index (κ1) is 11.7. The molecule has 1 aromatic rings. The lowest BCUT2D eigenvalue weighted by Crippen LogP contribution is -2.19. The van der Waals surface area contributed by atoms with Crippen LogP contribution >= 0.6 is 0 Å². The van der Waals surface area contributed by atoms with Crippen molar-refractivity contribution >= 4 is 5.91 Å². The minimum absolute atomic E-state index is 0.0883. The fourth-order valence-corrected chi connectivity index (χ4v) is 1.91. The van der Waals surface area contributed by atoms with Gasteiger partial charge in [0, 0.05) is 12.6 Å². The maximum absolute atomic E-state index is 11.5. The second kappa shape index (κ2) is 5.53. The lowest BCUT2D eigenvalue weighted by Gasteiger charge is -2.18. The molecule has 90 valence electrons. The minimum atomic E-state index is -0.0883. The van der Waals surface area contributed by atoms with Gasteiger partial charge in [-0.05, 0) is 43.5 Å². The second-order valence-electron chi connectivity index (χ2n) is 4.12. The molecule has 0 spiro atoms. The average Bonchev–Trinajstić information content (AvgIpc) is 2.39. The van der Waals surface area contributed by atoms with E-state index in [1.54, 1.807) is 19.2 Å². The first-order valence-corrected chi connectivity index (χ1v) is 5.95. The Hall–Kier alpha value is -1.77. The molecule has 0 aliphatic heterocycles. The van der Waals surface area contributed by atoms with E-state index in [2.05, 4.69) is 17.5 Å². The molecular formula is C14H17NO2. The number of rotatable bonds is 3. The molecule has 3 heteroatoms. The summed E-state index contributed by atoms with van der Waals surface area (Å²) < 4.78 is 5.82. The predicted molar refractivity (Wildman–Crippen MR) is 67.2 cm³/mol. The van der Waals surface area contributed by atoms with Gasteiger partial charge in [0.1, 0.15) is 11.9 Å². The third-order valence-electron chi connectivity index (χ3n) is 2.82. The van der Waals surface area contributed by atoms with E-state index in [9.17, 15) is 4.79 Å². The Balaban J connectivity index is 2.08. The van der Waals surface area contributed by atoms with Crippen molar-refractivity contribution < 1.29 is 9.53 Å². The largest absolute Gasteiger partial charge is 0.486 e. The average molecular weight is 231 g/mol. The van der Waals surface area contributed by atoms with Crippen molar-refractivity contribution in [1.29, 1.82) is 0 Å². The van der Waals surface area contributed by atoms with Gasteiger partial charge in [-0.2, -0.15) is 0 Å². The molecular weight excluding hydrogens is 214 g/mol. The van der Waals surface area contributed by atoms with Gasteiger partial charge in [0.05, 0.1) is 0 Å². The van der Waals surface area contributed by atoms with E-state index in [1.165, 1.54) is 0 Å². The number of carbonyl (C=O) groups excluding carboxylic acids is 1. The fourth-order valence-electron chi connectivity index (χ4n) is 1.91. The van der Waals surface area contributed by atoms with Crippen LogP contribution in [0.5, 0.6) is 5.75 Å². The van der Waals surface area contributed by atoms with Crippen LogP contribution in [0.25, 0.3) is 0 Å². The third kappa shape index (κ3) is 3.09. The Morgan fingerprint density at radius 1 is 1.47 bits per heavy atom. The summed E-state index contributed by atoms with van der Waals surface area (Å²) in [4.78, 5) is 11.5. The van der Waals surface area contributed by atoms with Crippen molar-refractivity contribution in [2.45, 2.75) is 25.4 Å². The summed E-state index contributed by atoms with van der Waals surface area (Å²) in [6, 6.07) is 7.28. The van der Waals surface area contributed by atoms with Crippen molar-refractivity contribution in [3.8, 4) is 5.75 Å². The van der Waals surface area contributed by atoms with Crippen molar-refractivity contribution in [2.24, 2.45) is 0 Å². The van der Waals surface area contributed by atoms with Gasteiger partial charge >= 0.3 is 0 Å². The molecule has 3 nitrogen and oxygen atoms in total. The maximum Gasteiger partial charge on any atom is 0.251 e. The molecule has 17 heavy (non-hydrogen) atoms. The summed E-state index contributed by atoms with van der Waals surface area (Å²) in [6.45, 7) is 0. The molecule has 0 bridgehead atoms. The first-order valence-electron chi connectivity index (χ1n) is 5.95. The maximum atomic E-state index is 11.5. The molecule has 0 fully saturated rings. The van der Waals surface area contributed by atoms with Crippen LogP contribution in [0.3, 0.4) is 0 Å². The highest BCUT2D eigenvalue weighted by atomic mass is 16.5. The van der Waals surface area contributed by atoms with Crippen molar-refractivity contribution in [3.63, 3.8) is 0 Å². The topological polar surface area (TPSA) is 38.3 Å². The van der Waals surface area contributed by atoms with Crippen LogP contribution in [-0.4, -0.2) is 19.1 Å². The van der Waals surface area contributed by atoms with Crippen LogP contribution in [0.15, 0.2) is 36.4 Å². The number of hydrogen-bond donors (Lipinski definition) is 1. The first-order chi connectivity index (χ1) is 8.29. The van der Waals surface area contributed by atoms with Crippen molar-refractivity contribution in [1.82, 2.24) is 5.32 Å². The number of hydrogen-bond acceptors (Lipinski definition) is 2. The Morgan fingerprint density at radius 2 is 2.35 bits per heavy atom. The van der Waals surface area contributed by atoms with Gasteiger partial charge in [-0.25, -0.2) is 0 Å². The molecule has 1 unspecified atom stereocenters. The molecule has 1 aliphatic rings. The van der Waals surface area contributed by atoms with E-state index >= 15 is 0 Å². The number of benzene rings is 1. The molecule has 1 amide bonds. The summed E-state index contributed by atoms with van der Waals surface area (Å²) in [7, 11) is 1.62. The molecule has 0 heterocycles. The van der Waals surface area contributed by atoms with Crippen LogP contribution in [-0.2, 0) is 0 Å². The Labute approximate surface area is 101 Å². The van der Waals surface area contributed by atoms with Crippen LogP contribution < -0.4 is 10.1 Å². The lowest BCUT2D eigenvalue weighted by molar-refractivity contribution is 0.0962. The number of ether oxygens (including phenoxy) is 1. The van der Waals surface area contributed by atoms with E-state index in [0.717, 1.165) is 25.0 Å². The third-order valence-corrected chi connectivity index (χ3v) is 2.82. The highest BCUT2D eigenvalue weighted by molar-refractivity contribution is 5.94. The van der Waals surface area contributed by atoms with Crippen molar-refractivity contribution in [2.75, 3.05) is 7.05 Å². The Morgan fingerprint density at radius 3 is 3.06 bits per heavy atom. The summed E-state index contributed by atoms with van der Waals surface area (Å²) >= 11 is 0. The quantitative estimate of drug-likeness (QED) is 0.812. The van der Waals surface area contributed by atoms with Gasteiger partial charge in [0.15, 0.2) is 0 Å². The zero-order valence-electron chi connectivity index (χ0n) is 9.98. The van der Waals surface area contributed by atoms with Gasteiger partial charge in [-0.15, -0.1) is 0 Å². The Kier molecular flexibility index (Phi) is 3.81. The van der Waals surface area contributed by atoms with Crippen molar-refractivity contribution in [3.05, 3.63) is 42.0 Å². The van der Waals surface area contributed by atoms with E-state index in [-0.39, 0.29) is 12.0 Å². The fraction of sp³-hybridized carbons (Fsp3) is 0.357. The lowest BCUT2D eigenvalue weighted by atomic mass is 10.1. The zero-order valence-corrected chi connectivity index (χ0v) is 9.98. The molecule has 0 saturated carbocycles. The van der Waals surface area contributed by atoms with Gasteiger partial charge < -0.3 is 10.1 Å². The molecule has 0 radical (unpaired) electrons. The standard InChI is InChI=1S/C14H17NO2/c1-15-14(16)11-6-5-9-13(10-11)17-12-7-3-2-4-8-12/h3,5-7,9-10,12H,2,4,8H2,1H3,(H,15,16). The molecule has 1 atom stereocenters. The van der Waals surface area contributed by atoms with Gasteiger partial charge in [0.2, 0.25) is 0 Å². The molecule has 1 aromatic carbocycles. The van der Waals surface area contributed by atoms with Crippen LogP contribution in [0.1, 0.15) is 29.6 Å². The molecule has 1 N–H and O–H groups in total. The van der Waals surface area contributed by atoms with Gasteiger partial charge in [-0.1, -0.05) is 12.1 Å². The molecule has 0 aromatic heterocycles. The van der Waals surface area contributed by atoms with E-state index in [4.69, 9.17) is 4.74 Å². The second-order valence-corrected chi connectivity index (χ2v) is 4.12. The van der Waals surface area contributed by atoms with Crippen LogP contribution in [0.4, 0.5) is 0 Å². The number of allylic oxidation sites excluding steroid dienone is 1. The van der Waals surface area contributed by atoms with E-state index in [1.807, 2.05) is 12.1 Å². The minimum Gasteiger partial charge on any atom is -0.486 e. The van der Waals surface area contributed by atoms with Crippen LogP contribution in [0, 0.1) is 0 Å². The predicted octanol–water partition coefficient (Wildman–Crippen LogP) is 2.53. The van der Waals surface area contributed by atoms with Gasteiger partial charge in [-0.3, -0.25) is 4.79 Å². The summed E-state index contributed by atoms with van der Waals surface area (Å²) in [6.07, 6.45) is 7.73. The smallest absolute Gasteiger partial charge is 0.251 e. The summed E-state index contributed by atoms with van der Waals surface area (Å²) in [5.74, 6) is 0.664. The van der Waals surface area contributed by atoms with Gasteiger partial charge in [0.25, 0.3) is 5.91 Å². The number of amides is 1. The molecule has 0 saturated heterocycles. The SMILES string of the molecule is CNC(=O)c1cccc(OC2C=CCCC2)c1. The van der Waals surface area contributed by atoms with Crippen LogP contribution in [0.2, 0.25) is 0 Å². The Bertz CT molecular complexity index is 426. The van der Waals surface area contributed by atoms with E-state index < -0.39 is 0 Å².